The number of amides is 1. The number of nitrogens with zero attached hydrogens (tertiary/aromatic N) is 4. The highest BCUT2D eigenvalue weighted by molar-refractivity contribution is 7.11. The molecule has 1 atom stereocenters. The highest BCUT2D eigenvalue weighted by atomic mass is 32.1. The quantitative estimate of drug-likeness (QED) is 0.641. The average molecular weight is 386 g/mol. The third-order valence-electron chi connectivity index (χ3n) is 4.31. The van der Waals surface area contributed by atoms with Crippen LogP contribution in [0.1, 0.15) is 44.8 Å². The molecule has 2 heterocycles. The molecule has 3 rings (SSSR count). The molecule has 0 aliphatic carbocycles. The van der Waals surface area contributed by atoms with Gasteiger partial charge < -0.3 is 14.1 Å². The molecule has 8 heteroatoms. The molecular formula is C19H22N4O3S. The minimum Gasteiger partial charge on any atom is -0.418 e. The number of benzene rings is 1. The lowest BCUT2D eigenvalue weighted by Crippen LogP contribution is -2.29. The fourth-order valence-corrected chi connectivity index (χ4v) is 3.85. The average Bonchev–Trinajstić information content (AvgIpc) is 3.26. The highest BCUT2D eigenvalue weighted by Gasteiger charge is 2.23. The van der Waals surface area contributed by atoms with Crippen LogP contribution in [0, 0.1) is 13.8 Å². The van der Waals surface area contributed by atoms with Crippen molar-refractivity contribution in [3.63, 3.8) is 0 Å². The van der Waals surface area contributed by atoms with Gasteiger partial charge in [-0.1, -0.05) is 6.07 Å². The van der Waals surface area contributed by atoms with Gasteiger partial charge in [0.25, 0.3) is 5.91 Å². The van der Waals surface area contributed by atoms with Crippen LogP contribution in [0.2, 0.25) is 0 Å². The van der Waals surface area contributed by atoms with Gasteiger partial charge in [-0.15, -0.1) is 21.5 Å². The molecule has 7 nitrogen and oxygen atoms in total. The summed E-state index contributed by atoms with van der Waals surface area (Å²) in [6.45, 7) is 6.21. The van der Waals surface area contributed by atoms with Crippen LogP contribution in [0.4, 0.5) is 0 Å². The molecule has 1 aromatic carbocycles. The van der Waals surface area contributed by atoms with E-state index in [0.717, 1.165) is 15.6 Å². The predicted octanol–water partition coefficient (Wildman–Crippen LogP) is 3.79. The number of rotatable bonds is 6. The summed E-state index contributed by atoms with van der Waals surface area (Å²) in [6, 6.07) is 7.13. The van der Waals surface area contributed by atoms with Gasteiger partial charge in [0.2, 0.25) is 11.8 Å². The molecule has 0 N–H and O–H groups in total. The minimum atomic E-state index is -0.0774. The zero-order valence-corrected chi connectivity index (χ0v) is 16.8. The first-order valence-electron chi connectivity index (χ1n) is 8.53. The van der Waals surface area contributed by atoms with E-state index in [9.17, 15) is 4.79 Å². The summed E-state index contributed by atoms with van der Waals surface area (Å²) in [5.74, 6) is 0.679. The van der Waals surface area contributed by atoms with Gasteiger partial charge in [0.1, 0.15) is 6.61 Å². The Morgan fingerprint density at radius 1 is 1.33 bits per heavy atom. The fraction of sp³-hybridized carbons (Fsp3) is 0.368. The van der Waals surface area contributed by atoms with Crippen LogP contribution in [0.15, 0.2) is 28.7 Å². The number of ether oxygens (including phenoxy) is 1. The lowest BCUT2D eigenvalue weighted by atomic mass is 10.1. The van der Waals surface area contributed by atoms with Crippen molar-refractivity contribution in [3.05, 3.63) is 51.3 Å². The van der Waals surface area contributed by atoms with Gasteiger partial charge in [-0.05, 0) is 39.0 Å². The molecule has 0 aliphatic heterocycles. The second-order valence-electron chi connectivity index (χ2n) is 6.29. The molecule has 2 aromatic heterocycles. The summed E-state index contributed by atoms with van der Waals surface area (Å²) < 4.78 is 10.6. The van der Waals surface area contributed by atoms with Crippen molar-refractivity contribution >= 4 is 17.2 Å². The molecule has 0 saturated carbocycles. The van der Waals surface area contributed by atoms with Crippen LogP contribution in [0.25, 0.3) is 11.5 Å². The number of aryl methyl sites for hydroxylation is 2. The molecular weight excluding hydrogens is 364 g/mol. The molecule has 1 amide bonds. The monoisotopic (exact) mass is 386 g/mol. The number of methoxy groups -OCH3 is 1. The molecule has 142 valence electrons. The van der Waals surface area contributed by atoms with Gasteiger partial charge >= 0.3 is 0 Å². The standard InChI is InChI=1S/C19H22N4O3S/c1-11-17(27-13(3)20-11)12(2)23(4)19(24)15-8-6-7-14(9-15)18-22-21-16(26-18)10-25-5/h6-9,12H,10H2,1-5H3/t12-/m0/s1. The first kappa shape index (κ1) is 19.2. The second-order valence-corrected chi connectivity index (χ2v) is 7.52. The summed E-state index contributed by atoms with van der Waals surface area (Å²) in [5.41, 5.74) is 2.23. The van der Waals surface area contributed by atoms with Crippen molar-refractivity contribution in [2.45, 2.75) is 33.4 Å². The largest absolute Gasteiger partial charge is 0.418 e. The van der Waals surface area contributed by atoms with Crippen LogP contribution in [-0.4, -0.2) is 40.1 Å². The second kappa shape index (κ2) is 7.98. The summed E-state index contributed by atoms with van der Waals surface area (Å²) >= 11 is 1.62. The molecule has 27 heavy (non-hydrogen) atoms. The summed E-state index contributed by atoms with van der Waals surface area (Å²) in [5, 5.41) is 8.95. The van der Waals surface area contributed by atoms with E-state index >= 15 is 0 Å². The predicted molar refractivity (Wildman–Crippen MR) is 103 cm³/mol. The van der Waals surface area contributed by atoms with E-state index in [1.54, 1.807) is 42.5 Å². The van der Waals surface area contributed by atoms with Gasteiger partial charge in [0.15, 0.2) is 0 Å². The first-order chi connectivity index (χ1) is 12.9. The van der Waals surface area contributed by atoms with Crippen LogP contribution >= 0.6 is 11.3 Å². The van der Waals surface area contributed by atoms with Crippen molar-refractivity contribution in [2.24, 2.45) is 0 Å². The van der Waals surface area contributed by atoms with Gasteiger partial charge in [-0.25, -0.2) is 4.98 Å². The zero-order valence-electron chi connectivity index (χ0n) is 16.0. The third-order valence-corrected chi connectivity index (χ3v) is 5.55. The Bertz CT molecular complexity index is 950. The summed E-state index contributed by atoms with van der Waals surface area (Å²) in [7, 11) is 3.37. The van der Waals surface area contributed by atoms with E-state index in [0.29, 0.717) is 22.9 Å². The minimum absolute atomic E-state index is 0.0657. The molecule has 0 saturated heterocycles. The van der Waals surface area contributed by atoms with E-state index in [2.05, 4.69) is 15.2 Å². The van der Waals surface area contributed by atoms with Crippen LogP contribution in [0.3, 0.4) is 0 Å². The number of carbonyl (C=O) groups is 1. The molecule has 3 aromatic rings. The Hall–Kier alpha value is -2.58. The van der Waals surface area contributed by atoms with E-state index in [4.69, 9.17) is 9.15 Å². The highest BCUT2D eigenvalue weighted by Crippen LogP contribution is 2.29. The number of hydrogen-bond donors (Lipinski definition) is 0. The fourth-order valence-electron chi connectivity index (χ4n) is 2.83. The van der Waals surface area contributed by atoms with Crippen molar-refractivity contribution in [1.82, 2.24) is 20.1 Å². The molecule has 0 fully saturated rings. The normalized spacial score (nSPS) is 12.2. The Kier molecular flexibility index (Phi) is 5.67. The molecule has 0 unspecified atom stereocenters. The Morgan fingerprint density at radius 3 is 2.78 bits per heavy atom. The van der Waals surface area contributed by atoms with Crippen LogP contribution in [0.5, 0.6) is 0 Å². The Morgan fingerprint density at radius 2 is 2.11 bits per heavy atom. The zero-order chi connectivity index (χ0) is 19.6. The molecule has 0 aliphatic rings. The number of aromatic nitrogens is 3. The molecule has 0 bridgehead atoms. The smallest absolute Gasteiger partial charge is 0.254 e. The first-order valence-corrected chi connectivity index (χ1v) is 9.35. The molecule has 0 radical (unpaired) electrons. The van der Waals surface area contributed by atoms with Crippen LogP contribution < -0.4 is 0 Å². The van der Waals surface area contributed by atoms with E-state index in [1.807, 2.05) is 32.9 Å². The van der Waals surface area contributed by atoms with Crippen molar-refractivity contribution in [3.8, 4) is 11.5 Å². The number of hydrogen-bond acceptors (Lipinski definition) is 7. The third kappa shape index (κ3) is 4.06. The Balaban J connectivity index is 1.83. The van der Waals surface area contributed by atoms with E-state index in [-0.39, 0.29) is 18.6 Å². The number of carbonyl (C=O) groups excluding carboxylic acids is 1. The van der Waals surface area contributed by atoms with Gasteiger partial charge in [-0.3, -0.25) is 4.79 Å². The van der Waals surface area contributed by atoms with Gasteiger partial charge in [-0.2, -0.15) is 0 Å². The van der Waals surface area contributed by atoms with Crippen LogP contribution in [-0.2, 0) is 11.3 Å². The molecule has 0 spiro atoms. The summed E-state index contributed by atoms with van der Waals surface area (Å²) in [4.78, 5) is 20.3. The maximum Gasteiger partial charge on any atom is 0.254 e. The van der Waals surface area contributed by atoms with Crippen molar-refractivity contribution in [2.75, 3.05) is 14.2 Å². The number of thiazole rings is 1. The van der Waals surface area contributed by atoms with Gasteiger partial charge in [0.05, 0.1) is 16.7 Å². The lowest BCUT2D eigenvalue weighted by molar-refractivity contribution is 0.0744. The van der Waals surface area contributed by atoms with E-state index < -0.39 is 0 Å². The maximum atomic E-state index is 13.0. The topological polar surface area (TPSA) is 81.4 Å². The van der Waals surface area contributed by atoms with Gasteiger partial charge in [0, 0.05) is 30.2 Å². The summed E-state index contributed by atoms with van der Waals surface area (Å²) in [6.07, 6.45) is 0. The SMILES string of the molecule is COCc1nnc(-c2cccc(C(=O)N(C)[C@@H](C)c3sc(C)nc3C)c2)o1. The maximum absolute atomic E-state index is 13.0. The van der Waals surface area contributed by atoms with Crippen molar-refractivity contribution in [1.29, 1.82) is 0 Å². The lowest BCUT2D eigenvalue weighted by Gasteiger charge is -2.24. The Labute approximate surface area is 162 Å². The van der Waals surface area contributed by atoms with Crippen molar-refractivity contribution < 1.29 is 13.9 Å². The van der Waals surface area contributed by atoms with E-state index in [1.165, 1.54) is 0 Å².